The highest BCUT2D eigenvalue weighted by Crippen LogP contribution is 1.95. The van der Waals surface area contributed by atoms with Gasteiger partial charge in [0.1, 0.15) is 0 Å². The number of nitrogens with zero attached hydrogens (tertiary/aromatic N) is 1. The van der Waals surface area contributed by atoms with Gasteiger partial charge >= 0.3 is 0 Å². The van der Waals surface area contributed by atoms with Gasteiger partial charge in [0.2, 0.25) is 0 Å². The van der Waals surface area contributed by atoms with Gasteiger partial charge < -0.3 is 11.2 Å². The summed E-state index contributed by atoms with van der Waals surface area (Å²) in [5.41, 5.74) is 9.28. The molecule has 0 atom stereocenters. The van der Waals surface area contributed by atoms with Crippen LogP contribution in [0.25, 0.3) is 0 Å². The number of nitrogens with two attached hydrogens (primary N) is 1. The van der Waals surface area contributed by atoms with Gasteiger partial charge in [0.25, 0.3) is 0 Å². The van der Waals surface area contributed by atoms with E-state index in [9.17, 15) is 0 Å². The lowest BCUT2D eigenvalue weighted by atomic mass is 10.4. The molecule has 0 aromatic heterocycles. The summed E-state index contributed by atoms with van der Waals surface area (Å²) in [5.74, 6) is 0. The predicted molar refractivity (Wildman–Crippen MR) is 36.9 cm³/mol. The Morgan fingerprint density at radius 3 is 3.00 bits per heavy atom. The molecule has 0 bridgehead atoms. The number of hydrogen-bond donors (Lipinski definition) is 2. The molecule has 1 aliphatic rings. The summed E-state index contributed by atoms with van der Waals surface area (Å²) >= 11 is 0. The van der Waals surface area contributed by atoms with Gasteiger partial charge in [-0.25, -0.2) is 0 Å². The van der Waals surface area contributed by atoms with E-state index in [4.69, 9.17) is 5.73 Å². The van der Waals surface area contributed by atoms with Crippen molar-refractivity contribution in [3.63, 3.8) is 0 Å². The largest absolute Gasteiger partial charge is 0.397 e. The number of hydrazine groups is 1. The summed E-state index contributed by atoms with van der Waals surface area (Å²) in [6.45, 7) is 2.97. The van der Waals surface area contributed by atoms with Crippen LogP contribution in [0.4, 0.5) is 0 Å². The lowest BCUT2D eigenvalue weighted by molar-refractivity contribution is 0.326. The Hall–Kier alpha value is -1.12. The van der Waals surface area contributed by atoms with Crippen molar-refractivity contribution >= 4 is 0 Å². The standard InChI is InChI=1S/C6H11N3/c1-2-9-5-6(7)3-4-8-9/h3-5,8H,2,7H2,1H3. The maximum atomic E-state index is 5.49. The Kier molecular flexibility index (Phi) is 1.63. The topological polar surface area (TPSA) is 41.3 Å². The predicted octanol–water partition coefficient (Wildman–Crippen LogP) is 0.140. The minimum atomic E-state index is 0.788. The lowest BCUT2D eigenvalue weighted by Crippen LogP contribution is -2.32. The van der Waals surface area contributed by atoms with Gasteiger partial charge in [-0.1, -0.05) is 0 Å². The van der Waals surface area contributed by atoms with Gasteiger partial charge in [0.05, 0.1) is 5.70 Å². The Labute approximate surface area is 54.8 Å². The zero-order chi connectivity index (χ0) is 6.69. The van der Waals surface area contributed by atoms with Crippen molar-refractivity contribution in [2.75, 3.05) is 6.54 Å². The highest BCUT2D eigenvalue weighted by molar-refractivity contribution is 5.15. The van der Waals surface area contributed by atoms with Crippen LogP contribution in [0, 0.1) is 0 Å². The van der Waals surface area contributed by atoms with E-state index < -0.39 is 0 Å². The van der Waals surface area contributed by atoms with Gasteiger partial charge in [-0.3, -0.25) is 5.01 Å². The Bertz CT molecular complexity index is 148. The minimum absolute atomic E-state index is 0.788. The fourth-order valence-electron chi connectivity index (χ4n) is 0.672. The molecule has 0 radical (unpaired) electrons. The van der Waals surface area contributed by atoms with Crippen molar-refractivity contribution in [2.24, 2.45) is 5.73 Å². The quantitative estimate of drug-likeness (QED) is 0.523. The SMILES string of the molecule is CCN1C=C(N)C=CN1. The average Bonchev–Trinajstić information content (AvgIpc) is 1.88. The molecular formula is C6H11N3. The third-order valence-electron chi connectivity index (χ3n) is 1.16. The first-order chi connectivity index (χ1) is 4.33. The summed E-state index contributed by atoms with van der Waals surface area (Å²) in [5, 5.41) is 1.91. The van der Waals surface area contributed by atoms with E-state index in [0.29, 0.717) is 0 Å². The normalized spacial score (nSPS) is 17.0. The van der Waals surface area contributed by atoms with E-state index >= 15 is 0 Å². The number of hydrogen-bond acceptors (Lipinski definition) is 3. The van der Waals surface area contributed by atoms with Crippen molar-refractivity contribution < 1.29 is 0 Å². The van der Waals surface area contributed by atoms with Crippen molar-refractivity contribution in [3.8, 4) is 0 Å². The molecule has 0 aromatic carbocycles. The van der Waals surface area contributed by atoms with Crippen molar-refractivity contribution in [1.82, 2.24) is 10.4 Å². The Morgan fingerprint density at radius 1 is 1.78 bits per heavy atom. The molecule has 1 aliphatic heterocycles. The van der Waals surface area contributed by atoms with Crippen molar-refractivity contribution in [3.05, 3.63) is 24.2 Å². The van der Waals surface area contributed by atoms with Gasteiger partial charge in [-0.15, -0.1) is 0 Å². The van der Waals surface area contributed by atoms with E-state index in [-0.39, 0.29) is 0 Å². The second-order valence-electron chi connectivity index (χ2n) is 1.88. The zero-order valence-corrected chi connectivity index (χ0v) is 5.46. The second kappa shape index (κ2) is 2.44. The molecule has 0 aliphatic carbocycles. The minimum Gasteiger partial charge on any atom is -0.397 e. The fraction of sp³-hybridized carbons (Fsp3) is 0.333. The van der Waals surface area contributed by atoms with E-state index in [1.807, 2.05) is 23.5 Å². The van der Waals surface area contributed by atoms with Crippen LogP contribution in [0.2, 0.25) is 0 Å². The molecule has 9 heavy (non-hydrogen) atoms. The summed E-state index contributed by atoms with van der Waals surface area (Å²) in [6, 6.07) is 0. The Morgan fingerprint density at radius 2 is 2.56 bits per heavy atom. The third-order valence-corrected chi connectivity index (χ3v) is 1.16. The molecule has 3 nitrogen and oxygen atoms in total. The zero-order valence-electron chi connectivity index (χ0n) is 5.46. The average molecular weight is 125 g/mol. The van der Waals surface area contributed by atoms with Crippen molar-refractivity contribution in [2.45, 2.75) is 6.92 Å². The fourth-order valence-corrected chi connectivity index (χ4v) is 0.672. The molecule has 0 unspecified atom stereocenters. The summed E-state index contributed by atoms with van der Waals surface area (Å²) in [7, 11) is 0. The van der Waals surface area contributed by atoms with Gasteiger partial charge in [-0.2, -0.15) is 0 Å². The maximum absolute atomic E-state index is 5.49. The van der Waals surface area contributed by atoms with Gasteiger partial charge in [0.15, 0.2) is 0 Å². The molecule has 0 saturated carbocycles. The van der Waals surface area contributed by atoms with E-state index in [2.05, 4.69) is 12.3 Å². The van der Waals surface area contributed by atoms with Crippen LogP contribution < -0.4 is 11.2 Å². The molecule has 0 spiro atoms. The molecule has 0 aromatic rings. The van der Waals surface area contributed by atoms with E-state index in [1.165, 1.54) is 0 Å². The van der Waals surface area contributed by atoms with Crippen LogP contribution in [0.3, 0.4) is 0 Å². The van der Waals surface area contributed by atoms with Crippen LogP contribution >= 0.6 is 0 Å². The molecule has 1 rings (SSSR count). The number of allylic oxidation sites excluding steroid dienone is 1. The van der Waals surface area contributed by atoms with Gasteiger partial charge in [-0.05, 0) is 13.0 Å². The first kappa shape index (κ1) is 6.01. The summed E-state index contributed by atoms with van der Waals surface area (Å²) in [6.07, 6.45) is 5.50. The third kappa shape index (κ3) is 1.38. The van der Waals surface area contributed by atoms with Gasteiger partial charge in [0, 0.05) is 18.9 Å². The molecule has 0 saturated heterocycles. The highest BCUT2D eigenvalue weighted by Gasteiger charge is 1.96. The summed E-state index contributed by atoms with van der Waals surface area (Å²) < 4.78 is 0. The first-order valence-corrected chi connectivity index (χ1v) is 2.99. The number of nitrogens with one attached hydrogen (secondary N) is 1. The Balaban J connectivity index is 2.55. The van der Waals surface area contributed by atoms with Crippen LogP contribution in [-0.2, 0) is 0 Å². The van der Waals surface area contributed by atoms with E-state index in [1.54, 1.807) is 0 Å². The highest BCUT2D eigenvalue weighted by atomic mass is 15.5. The van der Waals surface area contributed by atoms with Crippen LogP contribution in [-0.4, -0.2) is 11.6 Å². The van der Waals surface area contributed by atoms with Crippen LogP contribution in [0.15, 0.2) is 24.2 Å². The monoisotopic (exact) mass is 125 g/mol. The molecule has 1 heterocycles. The van der Waals surface area contributed by atoms with Crippen molar-refractivity contribution in [1.29, 1.82) is 0 Å². The second-order valence-corrected chi connectivity index (χ2v) is 1.88. The molecular weight excluding hydrogens is 114 g/mol. The lowest BCUT2D eigenvalue weighted by Gasteiger charge is -2.21. The molecule has 3 N–H and O–H groups in total. The summed E-state index contributed by atoms with van der Waals surface area (Å²) in [4.78, 5) is 0. The molecule has 0 amide bonds. The van der Waals surface area contributed by atoms with E-state index in [0.717, 1.165) is 12.2 Å². The molecule has 0 fully saturated rings. The smallest absolute Gasteiger partial charge is 0.0510 e. The first-order valence-electron chi connectivity index (χ1n) is 2.99. The molecule has 50 valence electrons. The van der Waals surface area contributed by atoms with Crippen LogP contribution in [0.5, 0.6) is 0 Å². The van der Waals surface area contributed by atoms with Crippen LogP contribution in [0.1, 0.15) is 6.92 Å². The maximum Gasteiger partial charge on any atom is 0.0510 e. The number of rotatable bonds is 1. The molecule has 3 heteroatoms.